The molecule has 2 aliphatic carbocycles. The van der Waals surface area contributed by atoms with Crippen LogP contribution in [0.5, 0.6) is 0 Å². The second-order valence-electron chi connectivity index (χ2n) is 4.32. The Bertz CT molecular complexity index is 386. The lowest BCUT2D eigenvalue weighted by Crippen LogP contribution is -2.24. The van der Waals surface area contributed by atoms with Crippen molar-refractivity contribution in [3.8, 4) is 0 Å². The van der Waals surface area contributed by atoms with Crippen LogP contribution < -0.4 is 0 Å². The molecule has 1 unspecified atom stereocenters. The zero-order valence-electron chi connectivity index (χ0n) is 10.2. The van der Waals surface area contributed by atoms with Crippen molar-refractivity contribution in [2.75, 3.05) is 13.4 Å². The first-order valence-corrected chi connectivity index (χ1v) is 6.19. The van der Waals surface area contributed by atoms with Crippen molar-refractivity contribution in [1.29, 1.82) is 0 Å². The van der Waals surface area contributed by atoms with Gasteiger partial charge in [-0.1, -0.05) is 6.08 Å². The molecule has 0 aromatic carbocycles. The Hall–Kier alpha value is -1.15. The molecule has 17 heavy (non-hydrogen) atoms. The van der Waals surface area contributed by atoms with Gasteiger partial charge in [-0.25, -0.2) is 4.79 Å². The van der Waals surface area contributed by atoms with Crippen molar-refractivity contribution in [3.05, 3.63) is 28.9 Å². The summed E-state index contributed by atoms with van der Waals surface area (Å²) in [5.41, 5.74) is 3.20. The molecule has 2 rings (SSSR count). The molecule has 1 fully saturated rings. The molecule has 2 aliphatic rings. The number of carbonyl (C=O) groups excluding carboxylic acids is 1. The Morgan fingerprint density at radius 2 is 2.41 bits per heavy atom. The van der Waals surface area contributed by atoms with E-state index in [2.05, 4.69) is 6.08 Å². The van der Waals surface area contributed by atoms with Gasteiger partial charge in [-0.2, -0.15) is 0 Å². The van der Waals surface area contributed by atoms with Crippen molar-refractivity contribution in [2.45, 2.75) is 38.7 Å². The van der Waals surface area contributed by atoms with E-state index in [1.54, 1.807) is 0 Å². The Morgan fingerprint density at radius 1 is 1.53 bits per heavy atom. The molecule has 92 valence electrons. The van der Waals surface area contributed by atoms with Gasteiger partial charge < -0.3 is 9.47 Å². The lowest BCUT2D eigenvalue weighted by molar-refractivity contribution is -0.0782. The highest BCUT2D eigenvalue weighted by Crippen LogP contribution is 2.35. The SMILES string of the molecule is CCOCOC1CCCC2=CCC(=C=O)C=C21. The number of allylic oxidation sites excluding steroid dienone is 3. The number of hydrogen-bond donors (Lipinski definition) is 0. The first kappa shape index (κ1) is 12.3. The normalized spacial score (nSPS) is 23.6. The standard InChI is InChI=1S/C14H18O3/c1-2-16-10-17-14-5-3-4-12-7-6-11(9-15)8-13(12)14/h7-8,14H,2-6,10H2,1H3. The van der Waals surface area contributed by atoms with Crippen LogP contribution in [-0.2, 0) is 14.3 Å². The van der Waals surface area contributed by atoms with Gasteiger partial charge in [0.2, 0.25) is 0 Å². The van der Waals surface area contributed by atoms with E-state index >= 15 is 0 Å². The van der Waals surface area contributed by atoms with Crippen molar-refractivity contribution >= 4 is 5.94 Å². The van der Waals surface area contributed by atoms with Gasteiger partial charge in [-0.05, 0) is 43.4 Å². The van der Waals surface area contributed by atoms with E-state index in [1.807, 2.05) is 18.9 Å². The molecule has 0 saturated heterocycles. The summed E-state index contributed by atoms with van der Waals surface area (Å²) in [5.74, 6) is 1.98. The summed E-state index contributed by atoms with van der Waals surface area (Å²) in [4.78, 5) is 10.7. The van der Waals surface area contributed by atoms with Gasteiger partial charge in [0.1, 0.15) is 12.7 Å². The molecule has 3 heteroatoms. The lowest BCUT2D eigenvalue weighted by atomic mass is 9.82. The smallest absolute Gasteiger partial charge is 0.147 e. The average molecular weight is 234 g/mol. The van der Waals surface area contributed by atoms with Crippen LogP contribution in [-0.4, -0.2) is 25.4 Å². The highest BCUT2D eigenvalue weighted by atomic mass is 16.7. The minimum atomic E-state index is 0.0743. The Kier molecular flexibility index (Phi) is 4.32. The molecule has 0 aliphatic heterocycles. The minimum absolute atomic E-state index is 0.0743. The predicted octanol–water partition coefficient (Wildman–Crippen LogP) is 2.56. The molecule has 0 bridgehead atoms. The van der Waals surface area contributed by atoms with Crippen LogP contribution in [0.4, 0.5) is 0 Å². The zero-order chi connectivity index (χ0) is 12.1. The maximum Gasteiger partial charge on any atom is 0.147 e. The second kappa shape index (κ2) is 5.97. The van der Waals surface area contributed by atoms with Gasteiger partial charge in [0.15, 0.2) is 0 Å². The number of fused-ring (bicyclic) bond motifs is 1. The molecular weight excluding hydrogens is 216 g/mol. The number of hydrogen-bond acceptors (Lipinski definition) is 3. The summed E-state index contributed by atoms with van der Waals surface area (Å²) in [6.45, 7) is 2.93. The average Bonchev–Trinajstić information content (AvgIpc) is 2.39. The van der Waals surface area contributed by atoms with Crippen LogP contribution in [0, 0.1) is 0 Å². The summed E-state index contributed by atoms with van der Waals surface area (Å²) in [5, 5.41) is 0. The van der Waals surface area contributed by atoms with Gasteiger partial charge in [-0.3, -0.25) is 0 Å². The van der Waals surface area contributed by atoms with E-state index in [9.17, 15) is 4.79 Å². The molecule has 0 radical (unpaired) electrons. The van der Waals surface area contributed by atoms with Crippen LogP contribution in [0.3, 0.4) is 0 Å². The molecule has 0 aromatic rings. The fourth-order valence-electron chi connectivity index (χ4n) is 2.33. The van der Waals surface area contributed by atoms with Gasteiger partial charge in [0, 0.05) is 18.6 Å². The van der Waals surface area contributed by atoms with Crippen LogP contribution >= 0.6 is 0 Å². The van der Waals surface area contributed by atoms with Gasteiger partial charge in [-0.15, -0.1) is 0 Å². The highest BCUT2D eigenvalue weighted by molar-refractivity contribution is 5.62. The number of rotatable bonds is 4. The Labute approximate surface area is 102 Å². The molecule has 0 amide bonds. The highest BCUT2D eigenvalue weighted by Gasteiger charge is 2.25. The van der Waals surface area contributed by atoms with Crippen molar-refractivity contribution in [1.82, 2.24) is 0 Å². The third kappa shape index (κ3) is 2.95. The molecule has 1 saturated carbocycles. The van der Waals surface area contributed by atoms with E-state index in [4.69, 9.17) is 9.47 Å². The summed E-state index contributed by atoms with van der Waals surface area (Å²) in [6, 6.07) is 0. The van der Waals surface area contributed by atoms with E-state index in [0.717, 1.165) is 30.4 Å². The molecule has 1 atom stereocenters. The van der Waals surface area contributed by atoms with E-state index in [0.29, 0.717) is 19.8 Å². The Balaban J connectivity index is 2.08. The molecule has 3 nitrogen and oxygen atoms in total. The maximum absolute atomic E-state index is 10.7. The second-order valence-corrected chi connectivity index (χ2v) is 4.32. The van der Waals surface area contributed by atoms with Crippen molar-refractivity contribution in [2.24, 2.45) is 0 Å². The van der Waals surface area contributed by atoms with E-state index < -0.39 is 0 Å². The minimum Gasteiger partial charge on any atom is -0.356 e. The van der Waals surface area contributed by atoms with Crippen LogP contribution in [0.15, 0.2) is 28.9 Å². The summed E-state index contributed by atoms with van der Waals surface area (Å²) in [7, 11) is 0. The summed E-state index contributed by atoms with van der Waals surface area (Å²) >= 11 is 0. The predicted molar refractivity (Wildman–Crippen MR) is 65.2 cm³/mol. The largest absolute Gasteiger partial charge is 0.356 e. The van der Waals surface area contributed by atoms with Crippen LogP contribution in [0.25, 0.3) is 0 Å². The van der Waals surface area contributed by atoms with Gasteiger partial charge in [0.05, 0.1) is 6.10 Å². The quantitative estimate of drug-likeness (QED) is 0.426. The monoisotopic (exact) mass is 234 g/mol. The molecule has 0 spiro atoms. The third-order valence-corrected chi connectivity index (χ3v) is 3.22. The van der Waals surface area contributed by atoms with Crippen molar-refractivity contribution < 1.29 is 14.3 Å². The molecule has 0 N–H and O–H groups in total. The van der Waals surface area contributed by atoms with E-state index in [1.165, 1.54) is 5.57 Å². The zero-order valence-corrected chi connectivity index (χ0v) is 10.2. The Morgan fingerprint density at radius 3 is 3.18 bits per heavy atom. The van der Waals surface area contributed by atoms with Gasteiger partial charge >= 0.3 is 0 Å². The first-order chi connectivity index (χ1) is 8.35. The van der Waals surface area contributed by atoms with Crippen molar-refractivity contribution in [3.63, 3.8) is 0 Å². The molecule has 0 heterocycles. The topological polar surface area (TPSA) is 35.5 Å². The van der Waals surface area contributed by atoms with E-state index in [-0.39, 0.29) is 6.10 Å². The third-order valence-electron chi connectivity index (χ3n) is 3.22. The lowest BCUT2D eigenvalue weighted by Gasteiger charge is -2.29. The fraction of sp³-hybridized carbons (Fsp3) is 0.571. The summed E-state index contributed by atoms with van der Waals surface area (Å²) < 4.78 is 10.9. The molecule has 0 aromatic heterocycles. The van der Waals surface area contributed by atoms with Gasteiger partial charge in [0.25, 0.3) is 0 Å². The number of ether oxygens (including phenoxy) is 2. The molecular formula is C14H18O3. The maximum atomic E-state index is 10.7. The van der Waals surface area contributed by atoms with Crippen LogP contribution in [0.2, 0.25) is 0 Å². The first-order valence-electron chi connectivity index (χ1n) is 6.19. The fourth-order valence-corrected chi connectivity index (χ4v) is 2.33. The van der Waals surface area contributed by atoms with Crippen LogP contribution in [0.1, 0.15) is 32.6 Å². The summed E-state index contributed by atoms with van der Waals surface area (Å²) in [6.07, 6.45) is 8.09.